The highest BCUT2D eigenvalue weighted by Gasteiger charge is 2.28. The summed E-state index contributed by atoms with van der Waals surface area (Å²) in [7, 11) is 0. The molecule has 1 fully saturated rings. The molecule has 0 atom stereocenters. The molecule has 0 amide bonds. The average molecular weight is 594 g/mol. The number of carbonyl (C=O) groups is 2. The van der Waals surface area contributed by atoms with E-state index in [-0.39, 0.29) is 17.7 Å². The van der Waals surface area contributed by atoms with Gasteiger partial charge in [0.2, 0.25) is 17.8 Å². The zero-order valence-electron chi connectivity index (χ0n) is 23.4. The lowest BCUT2D eigenvalue weighted by Crippen LogP contribution is -2.48. The van der Waals surface area contributed by atoms with E-state index in [9.17, 15) is 18.4 Å². The molecule has 13 heteroatoms. The minimum atomic E-state index is -1.26. The number of piperazine rings is 1. The number of carboxylic acids is 2. The molecule has 11 nitrogen and oxygen atoms in total. The molecule has 1 aromatic heterocycles. The van der Waals surface area contributed by atoms with Crippen molar-refractivity contribution in [2.45, 2.75) is 6.04 Å². The molecule has 4 N–H and O–H groups in total. The number of halogens is 2. The van der Waals surface area contributed by atoms with Crippen molar-refractivity contribution >= 4 is 29.8 Å². The fourth-order valence-electron chi connectivity index (χ4n) is 4.22. The number of hydrogen-bond donors (Lipinski definition) is 4. The van der Waals surface area contributed by atoms with Crippen LogP contribution in [0, 0.1) is 11.6 Å². The number of nitrogens with one attached hydrogen (secondary N) is 2. The summed E-state index contributed by atoms with van der Waals surface area (Å²) in [5.74, 6) is -1.56. The summed E-state index contributed by atoms with van der Waals surface area (Å²) in [4.78, 5) is 37.1. The van der Waals surface area contributed by atoms with E-state index < -0.39 is 11.9 Å². The van der Waals surface area contributed by atoms with Crippen LogP contribution in [0.1, 0.15) is 17.2 Å². The molecule has 0 spiro atoms. The first-order chi connectivity index (χ1) is 20.7. The third-order valence-electron chi connectivity index (χ3n) is 6.13. The summed E-state index contributed by atoms with van der Waals surface area (Å²) in [5, 5.41) is 21.9. The van der Waals surface area contributed by atoms with Crippen LogP contribution in [0.15, 0.2) is 86.0 Å². The molecule has 3 aromatic rings. The smallest absolute Gasteiger partial charge is 0.328 e. The lowest BCUT2D eigenvalue weighted by atomic mass is 9.96. The Bertz CT molecular complexity index is 1320. The molecule has 4 rings (SSSR count). The maximum absolute atomic E-state index is 13.6. The number of benzene rings is 2. The Morgan fingerprint density at radius 2 is 1.19 bits per heavy atom. The Morgan fingerprint density at radius 1 is 0.767 bits per heavy atom. The predicted molar refractivity (Wildman–Crippen MR) is 160 cm³/mol. The molecule has 0 unspecified atom stereocenters. The second kappa shape index (κ2) is 16.3. The number of nitrogens with zero attached hydrogens (tertiary/aromatic N) is 5. The molecule has 2 heterocycles. The van der Waals surface area contributed by atoms with E-state index in [0.717, 1.165) is 24.2 Å². The van der Waals surface area contributed by atoms with Gasteiger partial charge in [-0.1, -0.05) is 36.4 Å². The fourth-order valence-corrected chi connectivity index (χ4v) is 4.22. The summed E-state index contributed by atoms with van der Waals surface area (Å²) in [6, 6.07) is 12.9. The van der Waals surface area contributed by atoms with Crippen molar-refractivity contribution in [3.05, 3.63) is 109 Å². The Kier molecular flexibility index (Phi) is 12.3. The Labute approximate surface area is 247 Å². The Balaban J connectivity index is 0.000000557. The van der Waals surface area contributed by atoms with Crippen LogP contribution in [0.4, 0.5) is 26.6 Å². The molecule has 1 saturated heterocycles. The average Bonchev–Trinajstić information content (AvgIpc) is 3.00. The van der Waals surface area contributed by atoms with Crippen molar-refractivity contribution in [1.82, 2.24) is 19.9 Å². The minimum absolute atomic E-state index is 0.119. The van der Waals surface area contributed by atoms with Crippen molar-refractivity contribution in [3.63, 3.8) is 0 Å². The van der Waals surface area contributed by atoms with Gasteiger partial charge in [0.15, 0.2) is 0 Å². The summed E-state index contributed by atoms with van der Waals surface area (Å²) in [5.41, 5.74) is 1.91. The maximum Gasteiger partial charge on any atom is 0.328 e. The SMILES string of the molecule is C=CCNc1nc(NCC=C)nc(N2CCN(C(c3ccc(F)cc3)c3ccc(F)cc3)CC2)n1.O=C(O)/C=C\C(=O)O. The lowest BCUT2D eigenvalue weighted by molar-refractivity contribution is -0.134. The fraction of sp³-hybridized carbons (Fsp3) is 0.233. The van der Waals surface area contributed by atoms with Gasteiger partial charge in [0.1, 0.15) is 11.6 Å². The quantitative estimate of drug-likeness (QED) is 0.179. The lowest BCUT2D eigenvalue weighted by Gasteiger charge is -2.39. The largest absolute Gasteiger partial charge is 0.478 e. The van der Waals surface area contributed by atoms with Gasteiger partial charge < -0.3 is 25.7 Å². The Morgan fingerprint density at radius 3 is 1.56 bits per heavy atom. The van der Waals surface area contributed by atoms with Crippen LogP contribution in [0.3, 0.4) is 0 Å². The minimum Gasteiger partial charge on any atom is -0.478 e. The molecule has 0 saturated carbocycles. The first-order valence-corrected chi connectivity index (χ1v) is 13.3. The van der Waals surface area contributed by atoms with E-state index in [1.54, 1.807) is 36.4 Å². The highest BCUT2D eigenvalue weighted by Crippen LogP contribution is 2.30. The number of aromatic nitrogens is 3. The highest BCUT2D eigenvalue weighted by molar-refractivity contribution is 5.89. The zero-order valence-corrected chi connectivity index (χ0v) is 23.4. The molecule has 0 radical (unpaired) electrons. The molecule has 43 heavy (non-hydrogen) atoms. The first kappa shape index (κ1) is 32.3. The zero-order chi connectivity index (χ0) is 31.2. The standard InChI is InChI=1S/C26H29F2N7.C4H4O4/c1-3-13-29-24-31-25(30-14-4-2)33-26(32-24)35-17-15-34(16-18-35)23(19-5-9-21(27)10-6-19)20-7-11-22(28)12-8-20;5-3(6)1-2-4(7)8/h3-12,23H,1-2,13-18H2,(H2,29,30,31,32,33);1-2H,(H,5,6)(H,7,8)/b;2-1-. The van der Waals surface area contributed by atoms with Gasteiger partial charge in [-0.25, -0.2) is 18.4 Å². The number of aliphatic carboxylic acids is 2. The number of hydrogen-bond acceptors (Lipinski definition) is 9. The number of carboxylic acid groups (broad SMARTS) is 2. The molecule has 226 valence electrons. The molecule has 0 aliphatic carbocycles. The number of anilines is 3. The van der Waals surface area contributed by atoms with Gasteiger partial charge in [-0.3, -0.25) is 4.90 Å². The first-order valence-electron chi connectivity index (χ1n) is 13.3. The molecule has 1 aliphatic heterocycles. The molecule has 0 bridgehead atoms. The summed E-state index contributed by atoms with van der Waals surface area (Å²) >= 11 is 0. The topological polar surface area (TPSA) is 144 Å². The maximum atomic E-state index is 13.6. The van der Waals surface area contributed by atoms with E-state index in [0.29, 0.717) is 56.2 Å². The van der Waals surface area contributed by atoms with E-state index >= 15 is 0 Å². The van der Waals surface area contributed by atoms with E-state index in [1.165, 1.54) is 24.3 Å². The van der Waals surface area contributed by atoms with Crippen LogP contribution in [0.5, 0.6) is 0 Å². The molecular formula is C30H33F2N7O4. The van der Waals surface area contributed by atoms with Crippen LogP contribution >= 0.6 is 0 Å². The van der Waals surface area contributed by atoms with Gasteiger partial charge in [-0.15, -0.1) is 13.2 Å². The van der Waals surface area contributed by atoms with E-state index in [4.69, 9.17) is 10.2 Å². The number of rotatable bonds is 12. The van der Waals surface area contributed by atoms with E-state index in [1.807, 2.05) is 0 Å². The van der Waals surface area contributed by atoms with Crippen LogP contribution in [-0.2, 0) is 9.59 Å². The third kappa shape index (κ3) is 10.3. The van der Waals surface area contributed by atoms with Gasteiger partial charge >= 0.3 is 11.9 Å². The van der Waals surface area contributed by atoms with Crippen molar-refractivity contribution in [2.24, 2.45) is 0 Å². The van der Waals surface area contributed by atoms with Crippen molar-refractivity contribution in [2.75, 3.05) is 54.8 Å². The van der Waals surface area contributed by atoms with Crippen LogP contribution < -0.4 is 15.5 Å². The third-order valence-corrected chi connectivity index (χ3v) is 6.13. The van der Waals surface area contributed by atoms with Crippen molar-refractivity contribution in [3.8, 4) is 0 Å². The Hall–Kier alpha value is -5.17. The molecule has 2 aromatic carbocycles. The predicted octanol–water partition coefficient (Wildman–Crippen LogP) is 3.97. The van der Waals surface area contributed by atoms with Crippen LogP contribution in [0.2, 0.25) is 0 Å². The normalized spacial score (nSPS) is 13.2. The summed E-state index contributed by atoms with van der Waals surface area (Å²) in [6.45, 7) is 11.3. The molecule has 1 aliphatic rings. The van der Waals surface area contributed by atoms with Gasteiger partial charge in [0.05, 0.1) is 6.04 Å². The van der Waals surface area contributed by atoms with Crippen LogP contribution in [0.25, 0.3) is 0 Å². The second-order valence-corrected chi connectivity index (χ2v) is 9.16. The van der Waals surface area contributed by atoms with Crippen molar-refractivity contribution < 1.29 is 28.6 Å². The second-order valence-electron chi connectivity index (χ2n) is 9.16. The summed E-state index contributed by atoms with van der Waals surface area (Å²) in [6.07, 6.45) is 4.60. The summed E-state index contributed by atoms with van der Waals surface area (Å²) < 4.78 is 27.2. The van der Waals surface area contributed by atoms with E-state index in [2.05, 4.69) is 48.5 Å². The van der Waals surface area contributed by atoms with Crippen LogP contribution in [-0.4, -0.2) is 81.3 Å². The monoisotopic (exact) mass is 593 g/mol. The highest BCUT2D eigenvalue weighted by atomic mass is 19.1. The van der Waals surface area contributed by atoms with Gasteiger partial charge in [0.25, 0.3) is 0 Å². The van der Waals surface area contributed by atoms with Gasteiger partial charge in [0, 0.05) is 51.4 Å². The van der Waals surface area contributed by atoms with Gasteiger partial charge in [-0.05, 0) is 35.4 Å². The van der Waals surface area contributed by atoms with Gasteiger partial charge in [-0.2, -0.15) is 15.0 Å². The molecular weight excluding hydrogens is 560 g/mol. The van der Waals surface area contributed by atoms with Crippen molar-refractivity contribution in [1.29, 1.82) is 0 Å².